The summed E-state index contributed by atoms with van der Waals surface area (Å²) in [4.78, 5) is 11.2. The molecule has 5 heteroatoms. The van der Waals surface area contributed by atoms with E-state index in [2.05, 4.69) is 10.7 Å². The second kappa shape index (κ2) is 5.95. The fourth-order valence-electron chi connectivity index (χ4n) is 1.60. The van der Waals surface area contributed by atoms with E-state index >= 15 is 0 Å². The molecule has 1 rings (SSSR count). The normalized spacial score (nSPS) is 23.4. The summed E-state index contributed by atoms with van der Waals surface area (Å²) in [5.74, 6) is 4.90. The van der Waals surface area contributed by atoms with E-state index in [4.69, 9.17) is 10.6 Å². The van der Waals surface area contributed by atoms with E-state index in [1.54, 1.807) is 0 Å². The van der Waals surface area contributed by atoms with E-state index in [1.165, 1.54) is 0 Å². The first-order chi connectivity index (χ1) is 6.77. The molecule has 14 heavy (non-hydrogen) atoms. The Morgan fingerprint density at radius 2 is 2.50 bits per heavy atom. The number of nitrogens with two attached hydrogens (primary N) is 1. The van der Waals surface area contributed by atoms with Crippen molar-refractivity contribution in [3.05, 3.63) is 0 Å². The molecule has 1 heterocycles. The highest BCUT2D eigenvalue weighted by atomic mass is 16.5. The maximum atomic E-state index is 11.2. The minimum Gasteiger partial charge on any atom is -0.377 e. The zero-order valence-corrected chi connectivity index (χ0v) is 8.58. The van der Waals surface area contributed by atoms with Gasteiger partial charge in [-0.3, -0.25) is 10.2 Å². The van der Waals surface area contributed by atoms with Crippen molar-refractivity contribution in [3.63, 3.8) is 0 Å². The van der Waals surface area contributed by atoms with E-state index in [0.29, 0.717) is 0 Å². The van der Waals surface area contributed by atoms with Crippen LogP contribution in [0.5, 0.6) is 0 Å². The predicted molar refractivity (Wildman–Crippen MR) is 53.4 cm³/mol. The first-order valence-electron chi connectivity index (χ1n) is 5.13. The SMILES string of the molecule is CC[C@@H](NC[C@@H]1CCCO1)C(=O)NN. The van der Waals surface area contributed by atoms with Crippen molar-refractivity contribution >= 4 is 5.91 Å². The minimum absolute atomic E-state index is 0.162. The van der Waals surface area contributed by atoms with E-state index in [9.17, 15) is 4.79 Å². The van der Waals surface area contributed by atoms with E-state index < -0.39 is 0 Å². The van der Waals surface area contributed by atoms with Gasteiger partial charge in [0.25, 0.3) is 5.91 Å². The number of hydrogen-bond acceptors (Lipinski definition) is 4. The van der Waals surface area contributed by atoms with Gasteiger partial charge in [0.1, 0.15) is 0 Å². The van der Waals surface area contributed by atoms with Gasteiger partial charge in [-0.25, -0.2) is 5.84 Å². The van der Waals surface area contributed by atoms with Crippen molar-refractivity contribution in [2.45, 2.75) is 38.3 Å². The van der Waals surface area contributed by atoms with Gasteiger partial charge in [-0.2, -0.15) is 0 Å². The Morgan fingerprint density at radius 1 is 1.71 bits per heavy atom. The topological polar surface area (TPSA) is 76.4 Å². The molecule has 0 aromatic heterocycles. The number of hydrogen-bond donors (Lipinski definition) is 3. The standard InChI is InChI=1S/C9H19N3O2/c1-2-8(9(13)12-10)11-6-7-4-3-5-14-7/h7-8,11H,2-6,10H2,1H3,(H,12,13)/t7-,8+/m0/s1. The Balaban J connectivity index is 2.22. The maximum Gasteiger partial charge on any atom is 0.250 e. The third-order valence-corrected chi connectivity index (χ3v) is 2.48. The smallest absolute Gasteiger partial charge is 0.250 e. The van der Waals surface area contributed by atoms with Gasteiger partial charge in [-0.15, -0.1) is 0 Å². The summed E-state index contributed by atoms with van der Waals surface area (Å²) in [5, 5.41) is 3.14. The Kier molecular flexibility index (Phi) is 4.86. The molecular weight excluding hydrogens is 182 g/mol. The third-order valence-electron chi connectivity index (χ3n) is 2.48. The summed E-state index contributed by atoms with van der Waals surface area (Å²) in [5.41, 5.74) is 2.15. The molecule has 82 valence electrons. The predicted octanol–water partition coefficient (Wildman–Crippen LogP) is -0.476. The molecule has 4 N–H and O–H groups in total. The van der Waals surface area contributed by atoms with Crippen molar-refractivity contribution in [2.75, 3.05) is 13.2 Å². The first-order valence-corrected chi connectivity index (χ1v) is 5.13. The fraction of sp³-hybridized carbons (Fsp3) is 0.889. The van der Waals surface area contributed by atoms with Gasteiger partial charge < -0.3 is 10.1 Å². The number of hydrazine groups is 1. The molecule has 1 saturated heterocycles. The zero-order valence-electron chi connectivity index (χ0n) is 8.58. The van der Waals surface area contributed by atoms with Gasteiger partial charge in [-0.1, -0.05) is 6.92 Å². The average Bonchev–Trinajstić information content (AvgIpc) is 2.71. The number of rotatable bonds is 5. The largest absolute Gasteiger partial charge is 0.377 e. The van der Waals surface area contributed by atoms with Gasteiger partial charge >= 0.3 is 0 Å². The molecule has 0 aromatic carbocycles. The quantitative estimate of drug-likeness (QED) is 0.319. The van der Waals surface area contributed by atoms with Crippen LogP contribution >= 0.6 is 0 Å². The highest BCUT2D eigenvalue weighted by molar-refractivity contribution is 5.80. The molecule has 0 unspecified atom stereocenters. The summed E-state index contributed by atoms with van der Waals surface area (Å²) < 4.78 is 5.44. The van der Waals surface area contributed by atoms with Crippen molar-refractivity contribution in [3.8, 4) is 0 Å². The Labute approximate surface area is 84.3 Å². The van der Waals surface area contributed by atoms with Crippen LogP contribution in [0.15, 0.2) is 0 Å². The summed E-state index contributed by atoms with van der Waals surface area (Å²) in [6.45, 7) is 3.51. The molecular formula is C9H19N3O2. The zero-order chi connectivity index (χ0) is 10.4. The van der Waals surface area contributed by atoms with Gasteiger partial charge in [0.15, 0.2) is 0 Å². The van der Waals surface area contributed by atoms with Crippen LogP contribution in [0.25, 0.3) is 0 Å². The summed E-state index contributed by atoms with van der Waals surface area (Å²) >= 11 is 0. The van der Waals surface area contributed by atoms with Gasteiger partial charge in [0.05, 0.1) is 12.1 Å². The molecule has 1 amide bonds. The lowest BCUT2D eigenvalue weighted by Crippen LogP contribution is -2.48. The number of ether oxygens (including phenoxy) is 1. The molecule has 0 aromatic rings. The fourth-order valence-corrected chi connectivity index (χ4v) is 1.60. The molecule has 1 aliphatic rings. The maximum absolute atomic E-state index is 11.2. The van der Waals surface area contributed by atoms with Crippen LogP contribution in [0.4, 0.5) is 0 Å². The number of amides is 1. The molecule has 0 radical (unpaired) electrons. The van der Waals surface area contributed by atoms with Crippen LogP contribution in [0.1, 0.15) is 26.2 Å². The monoisotopic (exact) mass is 201 g/mol. The van der Waals surface area contributed by atoms with Crippen LogP contribution in [-0.4, -0.2) is 31.2 Å². The Hall–Kier alpha value is -0.650. The molecule has 5 nitrogen and oxygen atoms in total. The van der Waals surface area contributed by atoms with Crippen LogP contribution in [0, 0.1) is 0 Å². The van der Waals surface area contributed by atoms with Crippen molar-refractivity contribution in [1.29, 1.82) is 0 Å². The Morgan fingerprint density at radius 3 is 3.00 bits per heavy atom. The van der Waals surface area contributed by atoms with Gasteiger partial charge in [0, 0.05) is 13.2 Å². The van der Waals surface area contributed by atoms with Crippen molar-refractivity contribution < 1.29 is 9.53 Å². The second-order valence-electron chi connectivity index (χ2n) is 3.51. The lowest BCUT2D eigenvalue weighted by Gasteiger charge is -2.17. The molecule has 0 spiro atoms. The lowest BCUT2D eigenvalue weighted by molar-refractivity contribution is -0.123. The van der Waals surface area contributed by atoms with Gasteiger partial charge in [-0.05, 0) is 19.3 Å². The molecule has 0 aliphatic carbocycles. The first kappa shape index (κ1) is 11.4. The average molecular weight is 201 g/mol. The molecule has 0 saturated carbocycles. The highest BCUT2D eigenvalue weighted by Crippen LogP contribution is 2.10. The molecule has 1 aliphatic heterocycles. The van der Waals surface area contributed by atoms with E-state index in [-0.39, 0.29) is 18.1 Å². The number of nitrogens with one attached hydrogen (secondary N) is 2. The van der Waals surface area contributed by atoms with Crippen LogP contribution in [0.2, 0.25) is 0 Å². The second-order valence-corrected chi connectivity index (χ2v) is 3.51. The van der Waals surface area contributed by atoms with Crippen LogP contribution in [0.3, 0.4) is 0 Å². The number of carbonyl (C=O) groups is 1. The summed E-state index contributed by atoms with van der Waals surface area (Å²) in [6.07, 6.45) is 3.19. The van der Waals surface area contributed by atoms with Crippen molar-refractivity contribution in [2.24, 2.45) is 5.84 Å². The molecule has 2 atom stereocenters. The highest BCUT2D eigenvalue weighted by Gasteiger charge is 2.19. The molecule has 1 fully saturated rings. The van der Waals surface area contributed by atoms with E-state index in [0.717, 1.165) is 32.4 Å². The molecule has 0 bridgehead atoms. The summed E-state index contributed by atoms with van der Waals surface area (Å²) in [7, 11) is 0. The van der Waals surface area contributed by atoms with Gasteiger partial charge in [0.2, 0.25) is 0 Å². The Bertz CT molecular complexity index is 181. The third kappa shape index (κ3) is 3.25. The number of carbonyl (C=O) groups excluding carboxylic acids is 1. The lowest BCUT2D eigenvalue weighted by atomic mass is 10.2. The van der Waals surface area contributed by atoms with Crippen LogP contribution in [-0.2, 0) is 9.53 Å². The van der Waals surface area contributed by atoms with Crippen LogP contribution < -0.4 is 16.6 Å². The van der Waals surface area contributed by atoms with Crippen molar-refractivity contribution in [1.82, 2.24) is 10.7 Å². The summed E-state index contributed by atoms with van der Waals surface area (Å²) in [6, 6.07) is -0.204. The minimum atomic E-state index is -0.204. The van der Waals surface area contributed by atoms with E-state index in [1.807, 2.05) is 6.92 Å².